The molecular formula is C19H32N2O5. The maximum Gasteiger partial charge on any atom is 0.441 e. The van der Waals surface area contributed by atoms with Crippen molar-refractivity contribution in [2.45, 2.75) is 90.9 Å². The van der Waals surface area contributed by atoms with Crippen LogP contribution in [0.4, 0.5) is 4.79 Å². The first-order valence-corrected chi connectivity index (χ1v) is 9.89. The van der Waals surface area contributed by atoms with Gasteiger partial charge in [-0.15, -0.1) is 5.06 Å². The molecule has 0 radical (unpaired) electrons. The lowest BCUT2D eigenvalue weighted by Crippen LogP contribution is -2.43. The highest BCUT2D eigenvalue weighted by Crippen LogP contribution is 2.15. The zero-order valence-electron chi connectivity index (χ0n) is 16.1. The quantitative estimate of drug-likeness (QED) is 0.384. The van der Waals surface area contributed by atoms with Crippen molar-refractivity contribution in [2.75, 3.05) is 6.54 Å². The second-order valence-electron chi connectivity index (χ2n) is 6.71. The Morgan fingerprint density at radius 2 is 1.42 bits per heavy atom. The lowest BCUT2D eigenvalue weighted by atomic mass is 10.1. The van der Waals surface area contributed by atoms with E-state index in [4.69, 9.17) is 4.84 Å². The van der Waals surface area contributed by atoms with Crippen LogP contribution in [-0.2, 0) is 19.2 Å². The molecule has 0 bridgehead atoms. The molecule has 148 valence electrons. The Bertz CT molecular complexity index is 476. The average Bonchev–Trinajstić information content (AvgIpc) is 2.93. The normalized spacial score (nSPS) is 14.0. The Morgan fingerprint density at radius 3 is 1.96 bits per heavy atom. The molecule has 1 aliphatic heterocycles. The van der Waals surface area contributed by atoms with Crippen molar-refractivity contribution >= 4 is 23.8 Å². The second kappa shape index (κ2) is 12.4. The van der Waals surface area contributed by atoms with Gasteiger partial charge >= 0.3 is 6.09 Å². The van der Waals surface area contributed by atoms with Gasteiger partial charge in [0.2, 0.25) is 5.91 Å². The van der Waals surface area contributed by atoms with Crippen LogP contribution in [-0.4, -0.2) is 40.3 Å². The number of carbonyl (C=O) groups excluding carboxylic acids is 4. The largest absolute Gasteiger partial charge is 0.441 e. The van der Waals surface area contributed by atoms with Gasteiger partial charge in [-0.25, -0.2) is 9.69 Å². The third-order valence-electron chi connectivity index (χ3n) is 4.39. The highest BCUT2D eigenvalue weighted by atomic mass is 16.7. The number of hydroxylamine groups is 2. The number of unbranched alkanes of at least 4 members (excludes halogenated alkanes) is 7. The second-order valence-corrected chi connectivity index (χ2v) is 6.71. The fourth-order valence-corrected chi connectivity index (χ4v) is 2.87. The topological polar surface area (TPSA) is 84.0 Å². The molecule has 1 rings (SSSR count). The van der Waals surface area contributed by atoms with Crippen molar-refractivity contribution in [2.24, 2.45) is 0 Å². The maximum absolute atomic E-state index is 12.3. The summed E-state index contributed by atoms with van der Waals surface area (Å²) in [6.07, 6.45) is 8.91. The summed E-state index contributed by atoms with van der Waals surface area (Å²) in [7, 11) is 0. The summed E-state index contributed by atoms with van der Waals surface area (Å²) in [5.41, 5.74) is 0. The Kier molecular flexibility index (Phi) is 10.6. The van der Waals surface area contributed by atoms with Crippen LogP contribution < -0.4 is 0 Å². The predicted octanol–water partition coefficient (Wildman–Crippen LogP) is 3.96. The van der Waals surface area contributed by atoms with E-state index in [2.05, 4.69) is 6.92 Å². The Labute approximate surface area is 156 Å². The standard InChI is InChI=1S/C19H32N2O5/c1-3-5-6-7-8-9-10-11-12-16(22)20(15-4-2)19(25)26-21-17(23)13-14-18(21)24/h3-15H2,1-2H3. The summed E-state index contributed by atoms with van der Waals surface area (Å²) < 4.78 is 0. The lowest BCUT2D eigenvalue weighted by Gasteiger charge is -2.21. The third kappa shape index (κ3) is 7.54. The highest BCUT2D eigenvalue weighted by Gasteiger charge is 2.35. The summed E-state index contributed by atoms with van der Waals surface area (Å²) in [6.45, 7) is 4.25. The molecule has 0 aliphatic carbocycles. The number of rotatable bonds is 12. The molecule has 7 nitrogen and oxygen atoms in total. The summed E-state index contributed by atoms with van der Waals surface area (Å²) in [5, 5.41) is 0.481. The summed E-state index contributed by atoms with van der Waals surface area (Å²) in [4.78, 5) is 53.4. The number of nitrogens with zero attached hydrogens (tertiary/aromatic N) is 2. The maximum atomic E-state index is 12.3. The van der Waals surface area contributed by atoms with Gasteiger partial charge in [0.15, 0.2) is 0 Å². The minimum Gasteiger partial charge on any atom is -0.310 e. The summed E-state index contributed by atoms with van der Waals surface area (Å²) in [6, 6.07) is 0. The van der Waals surface area contributed by atoms with E-state index in [1.54, 1.807) is 0 Å². The van der Waals surface area contributed by atoms with Gasteiger partial charge in [-0.2, -0.15) is 0 Å². The van der Waals surface area contributed by atoms with Gasteiger partial charge in [-0.1, -0.05) is 58.8 Å². The van der Waals surface area contributed by atoms with Crippen LogP contribution in [0.2, 0.25) is 0 Å². The third-order valence-corrected chi connectivity index (χ3v) is 4.39. The van der Waals surface area contributed by atoms with Crippen LogP contribution in [0, 0.1) is 0 Å². The van der Waals surface area contributed by atoms with Gasteiger partial charge in [0.1, 0.15) is 0 Å². The molecule has 1 aliphatic rings. The molecule has 0 aromatic rings. The molecule has 0 aromatic heterocycles. The van der Waals surface area contributed by atoms with Crippen molar-refractivity contribution in [3.63, 3.8) is 0 Å². The summed E-state index contributed by atoms with van der Waals surface area (Å²) in [5.74, 6) is -1.41. The Balaban J connectivity index is 2.35. The summed E-state index contributed by atoms with van der Waals surface area (Å²) >= 11 is 0. The van der Waals surface area contributed by atoms with Crippen molar-refractivity contribution in [3.05, 3.63) is 0 Å². The van der Waals surface area contributed by atoms with E-state index >= 15 is 0 Å². The number of hydrogen-bond acceptors (Lipinski definition) is 5. The number of imide groups is 2. The fraction of sp³-hybridized carbons (Fsp3) is 0.789. The van der Waals surface area contributed by atoms with E-state index in [0.29, 0.717) is 11.5 Å². The molecular weight excluding hydrogens is 336 g/mol. The molecule has 0 unspecified atom stereocenters. The minimum atomic E-state index is -0.944. The number of hydrogen-bond donors (Lipinski definition) is 0. The van der Waals surface area contributed by atoms with Crippen LogP contribution in [0.25, 0.3) is 0 Å². The molecule has 0 aromatic carbocycles. The smallest absolute Gasteiger partial charge is 0.310 e. The monoisotopic (exact) mass is 368 g/mol. The van der Waals surface area contributed by atoms with Gasteiger partial charge in [-0.05, 0) is 12.8 Å². The van der Waals surface area contributed by atoms with Gasteiger partial charge < -0.3 is 4.84 Å². The van der Waals surface area contributed by atoms with Gasteiger partial charge in [-0.3, -0.25) is 14.4 Å². The van der Waals surface area contributed by atoms with Crippen LogP contribution >= 0.6 is 0 Å². The van der Waals surface area contributed by atoms with E-state index in [0.717, 1.165) is 24.2 Å². The molecule has 0 spiro atoms. The number of carbonyl (C=O) groups is 4. The van der Waals surface area contributed by atoms with Gasteiger partial charge in [0.05, 0.1) is 0 Å². The van der Waals surface area contributed by atoms with Crippen molar-refractivity contribution in [1.82, 2.24) is 9.96 Å². The first-order chi connectivity index (χ1) is 12.5. The van der Waals surface area contributed by atoms with Crippen molar-refractivity contribution < 1.29 is 24.0 Å². The molecule has 1 heterocycles. The first-order valence-electron chi connectivity index (χ1n) is 9.89. The number of amides is 4. The molecule has 0 atom stereocenters. The van der Waals surface area contributed by atoms with Crippen LogP contribution in [0.1, 0.15) is 90.9 Å². The van der Waals surface area contributed by atoms with E-state index < -0.39 is 17.9 Å². The molecule has 26 heavy (non-hydrogen) atoms. The van der Waals surface area contributed by atoms with E-state index in [1.807, 2.05) is 6.92 Å². The average molecular weight is 368 g/mol. The van der Waals surface area contributed by atoms with E-state index in [9.17, 15) is 19.2 Å². The SMILES string of the molecule is CCCCCCCCCCC(=O)N(CCC)C(=O)ON1C(=O)CCC1=O. The molecule has 4 amide bonds. The molecule has 7 heteroatoms. The molecule has 0 saturated carbocycles. The van der Waals surface area contributed by atoms with Crippen molar-refractivity contribution in [3.8, 4) is 0 Å². The first kappa shape index (κ1) is 22.1. The van der Waals surface area contributed by atoms with E-state index in [1.165, 1.54) is 32.1 Å². The molecule has 1 saturated heterocycles. The predicted molar refractivity (Wildman–Crippen MR) is 96.8 cm³/mol. The van der Waals surface area contributed by atoms with Crippen LogP contribution in [0.5, 0.6) is 0 Å². The Hall–Kier alpha value is -1.92. The zero-order chi connectivity index (χ0) is 19.4. The zero-order valence-corrected chi connectivity index (χ0v) is 16.1. The molecule has 1 fully saturated rings. The van der Waals surface area contributed by atoms with Gasteiger partial charge in [0.25, 0.3) is 11.8 Å². The lowest BCUT2D eigenvalue weighted by molar-refractivity contribution is -0.174. The van der Waals surface area contributed by atoms with Crippen LogP contribution in [0.15, 0.2) is 0 Å². The highest BCUT2D eigenvalue weighted by molar-refractivity contribution is 6.02. The van der Waals surface area contributed by atoms with E-state index in [-0.39, 0.29) is 31.7 Å². The minimum absolute atomic E-state index is 0.0338. The fourth-order valence-electron chi connectivity index (χ4n) is 2.87. The van der Waals surface area contributed by atoms with Crippen LogP contribution in [0.3, 0.4) is 0 Å². The van der Waals surface area contributed by atoms with Crippen molar-refractivity contribution in [1.29, 1.82) is 0 Å². The molecule has 0 N–H and O–H groups in total. The Morgan fingerprint density at radius 1 is 0.885 bits per heavy atom. The van der Waals surface area contributed by atoms with Gasteiger partial charge in [0, 0.05) is 25.8 Å².